The van der Waals surface area contributed by atoms with Gasteiger partial charge in [-0.3, -0.25) is 29.4 Å². The maximum atomic E-state index is 14.5. The molecule has 380 valence electrons. The van der Waals surface area contributed by atoms with Crippen molar-refractivity contribution >= 4 is 29.6 Å². The van der Waals surface area contributed by atoms with Crippen LogP contribution in [0.1, 0.15) is 121 Å². The van der Waals surface area contributed by atoms with Crippen LogP contribution in [0.5, 0.6) is 0 Å². The molecule has 4 fully saturated rings. The third-order valence-electron chi connectivity index (χ3n) is 14.4. The second kappa shape index (κ2) is 22.3. The fourth-order valence-corrected chi connectivity index (χ4v) is 10.9. The molecule has 4 aliphatic rings. The van der Waals surface area contributed by atoms with E-state index in [9.17, 15) is 24.3 Å². The van der Waals surface area contributed by atoms with Gasteiger partial charge < -0.3 is 38.8 Å². The number of unbranched alkanes of at least 4 members (excludes halogenated alkanes) is 1. The Morgan fingerprint density at radius 3 is 2.43 bits per heavy atom. The number of ether oxygens (including phenoxy) is 6. The molecule has 0 aliphatic carbocycles. The molecule has 4 saturated heterocycles. The number of rotatable bonds is 12. The summed E-state index contributed by atoms with van der Waals surface area (Å²) in [5.74, 6) is -3.20. The molecule has 5 heterocycles. The predicted octanol–water partition coefficient (Wildman–Crippen LogP) is 6.58. The molecule has 2 amide bonds. The van der Waals surface area contributed by atoms with E-state index in [0.29, 0.717) is 63.1 Å². The molecular weight excluding hydrogens is 875 g/mol. The van der Waals surface area contributed by atoms with Gasteiger partial charge in [0.1, 0.15) is 29.4 Å². The highest BCUT2D eigenvalue weighted by molar-refractivity contribution is 6.00. The number of likely N-dealkylation sites (tertiary alicyclic amines) is 1. The first kappa shape index (κ1) is 53.2. The summed E-state index contributed by atoms with van der Waals surface area (Å²) in [7, 11) is 1.60. The summed E-state index contributed by atoms with van der Waals surface area (Å²) >= 11 is 0. The van der Waals surface area contributed by atoms with Crippen molar-refractivity contribution < 1.29 is 52.7 Å². The van der Waals surface area contributed by atoms with E-state index in [2.05, 4.69) is 32.8 Å². The number of esters is 1. The van der Waals surface area contributed by atoms with Crippen LogP contribution in [-0.4, -0.2) is 153 Å². The lowest BCUT2D eigenvalue weighted by Gasteiger charge is -2.47. The Hall–Kier alpha value is -4.20. The van der Waals surface area contributed by atoms with E-state index in [1.165, 1.54) is 0 Å². The van der Waals surface area contributed by atoms with Crippen LogP contribution in [0.15, 0.2) is 30.5 Å². The van der Waals surface area contributed by atoms with Gasteiger partial charge in [-0.1, -0.05) is 38.1 Å². The normalized spacial score (nSPS) is 34.7. The van der Waals surface area contributed by atoms with Crippen molar-refractivity contribution in [2.75, 3.05) is 38.6 Å². The highest BCUT2D eigenvalue weighted by Crippen LogP contribution is 2.40. The van der Waals surface area contributed by atoms with Crippen LogP contribution in [0, 0.1) is 17.8 Å². The van der Waals surface area contributed by atoms with Crippen molar-refractivity contribution in [1.29, 1.82) is 0 Å². The van der Waals surface area contributed by atoms with E-state index in [4.69, 9.17) is 28.4 Å². The summed E-state index contributed by atoms with van der Waals surface area (Å²) in [6, 6.07) is 6.28. The fraction of sp³-hybridized carbons (Fsp3) is 0.760. The van der Waals surface area contributed by atoms with Crippen molar-refractivity contribution in [2.45, 2.75) is 193 Å². The minimum absolute atomic E-state index is 0.0271. The van der Waals surface area contributed by atoms with E-state index >= 15 is 0 Å². The Kier molecular flexibility index (Phi) is 17.4. The van der Waals surface area contributed by atoms with E-state index in [1.54, 1.807) is 57.4 Å². The van der Waals surface area contributed by atoms with Crippen molar-refractivity contribution in [3.63, 3.8) is 0 Å². The van der Waals surface area contributed by atoms with Crippen LogP contribution >= 0.6 is 0 Å². The topological polar surface area (TPSA) is 205 Å². The Morgan fingerprint density at radius 2 is 1.75 bits per heavy atom. The standard InChI is InChI=1S/C50H79N7O11/c1-13-39-50(11)42(57(47(62)68-50)24-17-16-23-56-29-37(53-54-56)35-19-18-20-36(26-35)52-46(61)67-48(7,8)9)34(6)51-28-30(2)27-49(10,63-12)43(32(4)40(58)33(5)44(60)65-39)66-45-41(59)38(25-31(3)64-45)55-21-14-15-22-55/h18-20,26,29-34,38-39,41-43,45,51,59H,13-17,21-25,27-28H2,1-12H3,(H,52,61)/t30-,31-,32+,33-,34-,38?,39-,41?,42-,43-,45+,49-,50-/m1/s1. The lowest BCUT2D eigenvalue weighted by molar-refractivity contribution is -0.296. The van der Waals surface area contributed by atoms with Gasteiger partial charge in [0.25, 0.3) is 0 Å². The van der Waals surface area contributed by atoms with E-state index in [1.807, 2.05) is 59.0 Å². The van der Waals surface area contributed by atoms with Gasteiger partial charge in [0.05, 0.1) is 30.0 Å². The molecule has 18 nitrogen and oxygen atoms in total. The highest BCUT2D eigenvalue weighted by Gasteiger charge is 2.59. The average molecular weight is 954 g/mol. The number of aryl methyl sites for hydroxylation is 1. The summed E-state index contributed by atoms with van der Waals surface area (Å²) in [5.41, 5.74) is -0.961. The number of carbonyl (C=O) groups is 4. The summed E-state index contributed by atoms with van der Waals surface area (Å²) in [4.78, 5) is 59.1. The molecular formula is C50H79N7O11. The van der Waals surface area contributed by atoms with Gasteiger partial charge in [0.15, 0.2) is 17.7 Å². The maximum Gasteiger partial charge on any atom is 0.412 e. The predicted molar refractivity (Wildman–Crippen MR) is 255 cm³/mol. The molecule has 2 unspecified atom stereocenters. The zero-order valence-corrected chi connectivity index (χ0v) is 42.5. The molecule has 1 aromatic carbocycles. The summed E-state index contributed by atoms with van der Waals surface area (Å²) in [6.45, 7) is 23.6. The second-order valence-electron chi connectivity index (χ2n) is 21.1. The Bertz CT molecular complexity index is 2040. The third kappa shape index (κ3) is 12.4. The number of methoxy groups -OCH3 is 1. The molecule has 3 N–H and O–H groups in total. The number of cyclic esters (lactones) is 1. The molecule has 18 heteroatoms. The van der Waals surface area contributed by atoms with Gasteiger partial charge in [-0.05, 0) is 138 Å². The van der Waals surface area contributed by atoms with Crippen LogP contribution < -0.4 is 10.6 Å². The molecule has 4 aliphatic heterocycles. The molecule has 1 aromatic heterocycles. The minimum atomic E-state index is -1.26. The molecule has 0 radical (unpaired) electrons. The first-order valence-electron chi connectivity index (χ1n) is 24.8. The maximum absolute atomic E-state index is 14.5. The number of hydrogen-bond acceptors (Lipinski definition) is 15. The molecule has 2 aromatic rings. The van der Waals surface area contributed by atoms with Crippen LogP contribution in [0.2, 0.25) is 0 Å². The molecule has 0 saturated carbocycles. The Labute approximate surface area is 402 Å². The number of Topliss-reactive ketones (excluding diaryl/α,β-unsaturated/α-hetero) is 1. The van der Waals surface area contributed by atoms with Gasteiger partial charge in [-0.2, -0.15) is 0 Å². The largest absolute Gasteiger partial charge is 0.458 e. The number of aliphatic hydroxyl groups excluding tert-OH is 1. The van der Waals surface area contributed by atoms with Gasteiger partial charge in [0.2, 0.25) is 0 Å². The molecule has 13 atom stereocenters. The quantitative estimate of drug-likeness (QED) is 0.0890. The molecule has 0 spiro atoms. The number of ketones is 1. The van der Waals surface area contributed by atoms with E-state index < -0.39 is 83.2 Å². The lowest BCUT2D eigenvalue weighted by atomic mass is 9.78. The van der Waals surface area contributed by atoms with Crippen LogP contribution in [-0.2, 0) is 44.6 Å². The number of amides is 2. The monoisotopic (exact) mass is 954 g/mol. The zero-order valence-electron chi connectivity index (χ0n) is 42.5. The Balaban J connectivity index is 1.17. The Morgan fingerprint density at radius 1 is 1.04 bits per heavy atom. The number of nitrogens with one attached hydrogen (secondary N) is 2. The van der Waals surface area contributed by atoms with Crippen molar-refractivity contribution in [3.05, 3.63) is 30.5 Å². The number of nitrogens with zero attached hydrogens (tertiary/aromatic N) is 5. The van der Waals surface area contributed by atoms with Crippen molar-refractivity contribution in [3.8, 4) is 11.3 Å². The van der Waals surface area contributed by atoms with Gasteiger partial charge in [-0.25, -0.2) is 9.59 Å². The van der Waals surface area contributed by atoms with E-state index in [-0.39, 0.29) is 24.1 Å². The van der Waals surface area contributed by atoms with Crippen molar-refractivity contribution in [1.82, 2.24) is 30.1 Å². The molecule has 68 heavy (non-hydrogen) atoms. The zero-order chi connectivity index (χ0) is 49.7. The second-order valence-corrected chi connectivity index (χ2v) is 21.1. The van der Waals surface area contributed by atoms with Gasteiger partial charge in [0, 0.05) is 49.5 Å². The van der Waals surface area contributed by atoms with Crippen LogP contribution in [0.4, 0.5) is 15.3 Å². The number of fused-ring (bicyclic) bond motifs is 1. The lowest BCUT2D eigenvalue weighted by Crippen LogP contribution is -2.61. The highest BCUT2D eigenvalue weighted by atomic mass is 16.7. The van der Waals surface area contributed by atoms with Crippen molar-refractivity contribution in [2.24, 2.45) is 17.8 Å². The SMILES string of the molecule is CC[C@H]1OC(=O)[C@H](C)C(=O)[C@H](C)[C@@H](O[C@@H]2O[C@H](C)CC(N3CCCC3)C2O)[C@](C)(OC)C[C@@H](C)CN[C@H](C)[C@H]2N(CCCCn3cc(-c4cccc(NC(=O)OC(C)(C)C)c4)nn3)C(=O)O[C@]12C. The first-order chi connectivity index (χ1) is 32.1. The van der Waals surface area contributed by atoms with Gasteiger partial charge >= 0.3 is 18.2 Å². The first-order valence-corrected chi connectivity index (χ1v) is 24.8. The summed E-state index contributed by atoms with van der Waals surface area (Å²) < 4.78 is 39.0. The number of carbonyl (C=O) groups excluding carboxylic acids is 4. The number of hydrogen-bond donors (Lipinski definition) is 3. The number of anilines is 1. The number of aromatic nitrogens is 3. The number of aliphatic hydroxyl groups is 1. The summed E-state index contributed by atoms with van der Waals surface area (Å²) in [5, 5.41) is 26.9. The summed E-state index contributed by atoms with van der Waals surface area (Å²) in [6.07, 6.45) is 1.72. The number of benzene rings is 1. The van der Waals surface area contributed by atoms with Crippen LogP contribution in [0.25, 0.3) is 11.3 Å². The average Bonchev–Trinajstić information content (AvgIpc) is 4.05. The molecule has 0 bridgehead atoms. The van der Waals surface area contributed by atoms with Gasteiger partial charge in [-0.15, -0.1) is 5.10 Å². The fourth-order valence-electron chi connectivity index (χ4n) is 10.9. The third-order valence-corrected chi connectivity index (χ3v) is 14.4. The molecule has 6 rings (SSSR count). The van der Waals surface area contributed by atoms with E-state index in [0.717, 1.165) is 31.5 Å². The van der Waals surface area contributed by atoms with Crippen LogP contribution in [0.3, 0.4) is 0 Å². The smallest absolute Gasteiger partial charge is 0.412 e. The minimum Gasteiger partial charge on any atom is -0.458 e.